The van der Waals surface area contributed by atoms with E-state index in [0.717, 1.165) is 6.07 Å². The number of rotatable bonds is 5. The molecule has 0 aliphatic heterocycles. The molecule has 1 rings (SSSR count). The van der Waals surface area contributed by atoms with Crippen LogP contribution in [0.2, 0.25) is 0 Å². The Bertz CT molecular complexity index is 510. The molecule has 1 amide bonds. The van der Waals surface area contributed by atoms with Crippen molar-refractivity contribution in [2.75, 3.05) is 20.3 Å². The fourth-order valence-electron chi connectivity index (χ4n) is 1.01. The van der Waals surface area contributed by atoms with Gasteiger partial charge in [0.25, 0.3) is 5.91 Å². The number of methoxy groups -OCH3 is 1. The van der Waals surface area contributed by atoms with Crippen LogP contribution in [0, 0.1) is 0 Å². The first kappa shape index (κ1) is 14.2. The quantitative estimate of drug-likeness (QED) is 0.743. The van der Waals surface area contributed by atoms with Gasteiger partial charge in [-0.05, 0) is 15.9 Å². The van der Waals surface area contributed by atoms with E-state index in [1.165, 1.54) is 7.11 Å². The highest BCUT2D eigenvalue weighted by atomic mass is 79.9. The summed E-state index contributed by atoms with van der Waals surface area (Å²) in [4.78, 5) is 11.2. The van der Waals surface area contributed by atoms with E-state index in [4.69, 9.17) is 14.3 Å². The van der Waals surface area contributed by atoms with Crippen molar-refractivity contribution in [3.8, 4) is 0 Å². The summed E-state index contributed by atoms with van der Waals surface area (Å²) in [5.41, 5.74) is 0. The highest BCUT2D eigenvalue weighted by Gasteiger charge is 2.21. The average Bonchev–Trinajstić information content (AvgIpc) is 2.60. The number of ether oxygens (including phenoxy) is 1. The molecule has 96 valence electrons. The molecule has 0 saturated heterocycles. The Labute approximate surface area is 106 Å². The fraction of sp³-hybridized carbons (Fsp3) is 0.375. The molecule has 0 atom stereocenters. The molecule has 0 saturated carbocycles. The molecule has 9 heteroatoms. The normalized spacial score (nSPS) is 11.5. The zero-order valence-electron chi connectivity index (χ0n) is 8.90. The maximum absolute atomic E-state index is 11.5. The van der Waals surface area contributed by atoms with E-state index in [1.54, 1.807) is 0 Å². The van der Waals surface area contributed by atoms with Gasteiger partial charge in [-0.25, -0.2) is 13.6 Å². The van der Waals surface area contributed by atoms with Crippen molar-refractivity contribution in [2.45, 2.75) is 4.90 Å². The average molecular weight is 327 g/mol. The number of furan rings is 1. The van der Waals surface area contributed by atoms with Gasteiger partial charge in [-0.15, -0.1) is 0 Å². The van der Waals surface area contributed by atoms with E-state index in [0.29, 0.717) is 13.2 Å². The Morgan fingerprint density at radius 2 is 2.29 bits per heavy atom. The maximum atomic E-state index is 11.5. The lowest BCUT2D eigenvalue weighted by molar-refractivity contribution is 0.0908. The lowest BCUT2D eigenvalue weighted by Crippen LogP contribution is -2.26. The number of hydrogen-bond acceptors (Lipinski definition) is 5. The monoisotopic (exact) mass is 326 g/mol. The number of hydrogen-bond donors (Lipinski definition) is 2. The Morgan fingerprint density at radius 1 is 1.65 bits per heavy atom. The summed E-state index contributed by atoms with van der Waals surface area (Å²) in [6.07, 6.45) is 0. The van der Waals surface area contributed by atoms with Crippen LogP contribution in [-0.2, 0) is 14.8 Å². The Morgan fingerprint density at radius 3 is 2.76 bits per heavy atom. The third-order valence-corrected chi connectivity index (χ3v) is 3.55. The molecule has 0 aromatic carbocycles. The summed E-state index contributed by atoms with van der Waals surface area (Å²) >= 11 is 2.87. The Hall–Kier alpha value is -0.900. The van der Waals surface area contributed by atoms with E-state index in [2.05, 4.69) is 21.2 Å². The van der Waals surface area contributed by atoms with Crippen molar-refractivity contribution >= 4 is 31.9 Å². The molecule has 1 aromatic heterocycles. The third kappa shape index (κ3) is 3.80. The van der Waals surface area contributed by atoms with Gasteiger partial charge in [0.1, 0.15) is 4.90 Å². The number of sulfonamides is 1. The second-order valence-electron chi connectivity index (χ2n) is 3.04. The van der Waals surface area contributed by atoms with Gasteiger partial charge in [0.05, 0.1) is 6.61 Å². The van der Waals surface area contributed by atoms with E-state index < -0.39 is 15.9 Å². The first-order chi connectivity index (χ1) is 7.86. The predicted octanol–water partition coefficient (Wildman–Crippen LogP) is 0.0657. The van der Waals surface area contributed by atoms with Gasteiger partial charge >= 0.3 is 0 Å². The van der Waals surface area contributed by atoms with Gasteiger partial charge in [0, 0.05) is 19.7 Å². The molecule has 0 aliphatic rings. The van der Waals surface area contributed by atoms with Crippen LogP contribution in [0.25, 0.3) is 0 Å². The van der Waals surface area contributed by atoms with Crippen molar-refractivity contribution in [2.24, 2.45) is 5.14 Å². The third-order valence-electron chi connectivity index (χ3n) is 1.78. The number of halogens is 1. The molecule has 0 spiro atoms. The number of primary sulfonamides is 1. The minimum Gasteiger partial charge on any atom is -0.443 e. The molecule has 0 unspecified atom stereocenters. The van der Waals surface area contributed by atoms with Crippen molar-refractivity contribution < 1.29 is 22.4 Å². The molecule has 7 nitrogen and oxygen atoms in total. The summed E-state index contributed by atoms with van der Waals surface area (Å²) in [6.45, 7) is 0.633. The number of carbonyl (C=O) groups is 1. The number of nitrogens with two attached hydrogens (primary N) is 1. The summed E-state index contributed by atoms with van der Waals surface area (Å²) in [6, 6.07) is 1.06. The zero-order chi connectivity index (χ0) is 13.1. The number of carbonyl (C=O) groups excluding carboxylic acids is 1. The lowest BCUT2D eigenvalue weighted by Gasteiger charge is -2.00. The molecule has 1 aromatic rings. The number of amides is 1. The molecule has 3 N–H and O–H groups in total. The topological polar surface area (TPSA) is 112 Å². The van der Waals surface area contributed by atoms with Crippen LogP contribution in [-0.4, -0.2) is 34.6 Å². The minimum atomic E-state index is -3.92. The summed E-state index contributed by atoms with van der Waals surface area (Å²) < 4.78 is 31.8. The summed E-state index contributed by atoms with van der Waals surface area (Å²) in [5, 5.41) is 7.40. The van der Waals surface area contributed by atoms with E-state index >= 15 is 0 Å². The minimum absolute atomic E-state index is 0.100. The molecular formula is C8H11BrN2O5S. The summed E-state index contributed by atoms with van der Waals surface area (Å²) in [5.74, 6) is -0.686. The van der Waals surface area contributed by atoms with Crippen molar-refractivity contribution in [1.29, 1.82) is 0 Å². The van der Waals surface area contributed by atoms with Crippen molar-refractivity contribution in [3.63, 3.8) is 0 Å². The van der Waals surface area contributed by atoms with Crippen molar-refractivity contribution in [1.82, 2.24) is 5.32 Å². The molecule has 0 aliphatic carbocycles. The molecule has 0 bridgehead atoms. The Kier molecular flexibility index (Phi) is 4.69. The molecule has 0 fully saturated rings. The lowest BCUT2D eigenvalue weighted by atomic mass is 10.4. The molecule has 17 heavy (non-hydrogen) atoms. The van der Waals surface area contributed by atoms with Gasteiger partial charge in [-0.2, -0.15) is 0 Å². The predicted molar refractivity (Wildman–Crippen MR) is 62.0 cm³/mol. The van der Waals surface area contributed by atoms with E-state index in [9.17, 15) is 13.2 Å². The highest BCUT2D eigenvalue weighted by Crippen LogP contribution is 2.24. The summed E-state index contributed by atoms with van der Waals surface area (Å²) in [7, 11) is -2.42. The smallest absolute Gasteiger partial charge is 0.287 e. The van der Waals surface area contributed by atoms with Gasteiger partial charge in [-0.3, -0.25) is 4.79 Å². The molecular weight excluding hydrogens is 316 g/mol. The van der Waals surface area contributed by atoms with Crippen LogP contribution in [0.4, 0.5) is 0 Å². The van der Waals surface area contributed by atoms with Crippen LogP contribution in [0.1, 0.15) is 10.6 Å². The first-order valence-electron chi connectivity index (χ1n) is 4.45. The van der Waals surface area contributed by atoms with E-state index in [-0.39, 0.29) is 15.3 Å². The van der Waals surface area contributed by atoms with Crippen molar-refractivity contribution in [3.05, 3.63) is 16.5 Å². The van der Waals surface area contributed by atoms with Gasteiger partial charge in [-0.1, -0.05) is 0 Å². The largest absolute Gasteiger partial charge is 0.443 e. The van der Waals surface area contributed by atoms with Gasteiger partial charge in [0.2, 0.25) is 10.0 Å². The number of nitrogens with one attached hydrogen (secondary N) is 1. The highest BCUT2D eigenvalue weighted by molar-refractivity contribution is 9.10. The molecule has 1 heterocycles. The van der Waals surface area contributed by atoms with Crippen LogP contribution in [0.3, 0.4) is 0 Å². The van der Waals surface area contributed by atoms with E-state index in [1.807, 2.05) is 0 Å². The second kappa shape index (κ2) is 5.63. The Balaban J connectivity index is 2.83. The van der Waals surface area contributed by atoms with Gasteiger partial charge in [0.15, 0.2) is 10.4 Å². The van der Waals surface area contributed by atoms with Crippen LogP contribution < -0.4 is 10.5 Å². The SMILES string of the molecule is COCCNC(=O)c1cc(S(N)(=O)=O)c(Br)o1. The maximum Gasteiger partial charge on any atom is 0.287 e. The fourth-order valence-corrected chi connectivity index (χ4v) is 2.51. The van der Waals surface area contributed by atoms with Crippen LogP contribution >= 0.6 is 15.9 Å². The first-order valence-corrected chi connectivity index (χ1v) is 6.79. The van der Waals surface area contributed by atoms with Crippen LogP contribution in [0.15, 0.2) is 20.0 Å². The zero-order valence-corrected chi connectivity index (χ0v) is 11.3. The molecule has 0 radical (unpaired) electrons. The van der Waals surface area contributed by atoms with Crippen LogP contribution in [0.5, 0.6) is 0 Å². The standard InChI is InChI=1S/C8H11BrN2O5S/c1-15-3-2-11-8(12)5-4-6(7(9)16-5)17(10,13)14/h4H,2-3H2,1H3,(H,11,12)(H2,10,13,14). The second-order valence-corrected chi connectivity index (χ2v) is 5.29. The van der Waals surface area contributed by atoms with Gasteiger partial charge < -0.3 is 14.5 Å².